The van der Waals surface area contributed by atoms with Crippen LogP contribution >= 0.6 is 0 Å². The molecule has 3 N–H and O–H groups in total. The van der Waals surface area contributed by atoms with E-state index in [9.17, 15) is 36.0 Å². The highest BCUT2D eigenvalue weighted by atomic mass is 32.2. The minimum Gasteiger partial charge on any atom is -0.490 e. The van der Waals surface area contributed by atoms with E-state index in [-0.39, 0.29) is 40.3 Å². The lowest BCUT2D eigenvalue weighted by molar-refractivity contribution is -0.200. The molecule has 0 aliphatic carbocycles. The molecule has 18 heteroatoms. The number of carbonyl (C=O) groups excluding carboxylic acids is 3. The van der Waals surface area contributed by atoms with Crippen molar-refractivity contribution < 1.29 is 55.0 Å². The van der Waals surface area contributed by atoms with E-state index in [1.54, 1.807) is 55.6 Å². The third kappa shape index (κ3) is 9.01. The van der Waals surface area contributed by atoms with Crippen molar-refractivity contribution >= 4 is 55.8 Å². The number of hydrogen-bond acceptors (Lipinski definition) is 12. The Kier molecular flexibility index (Phi) is 12.5. The summed E-state index contributed by atoms with van der Waals surface area (Å²) in [6, 6.07) is 13.3. The smallest absolute Gasteiger partial charge is 0.490 e. The maximum atomic E-state index is 15.0. The lowest BCUT2D eigenvalue weighted by Crippen LogP contribution is -2.39. The molecule has 1 aliphatic rings. The van der Waals surface area contributed by atoms with Crippen LogP contribution in [0.15, 0.2) is 71.8 Å². The maximum Gasteiger partial charge on any atom is 0.493 e. The molecule has 0 radical (unpaired) electrons. The van der Waals surface area contributed by atoms with E-state index in [2.05, 4.69) is 19.9 Å². The number of anilines is 3. The van der Waals surface area contributed by atoms with Gasteiger partial charge in [0.25, 0.3) is 0 Å². The Morgan fingerprint density at radius 2 is 1.79 bits per heavy atom. The number of nitrogens with zero attached hydrogens (tertiary/aromatic N) is 3. The molecule has 1 aromatic heterocycles. The zero-order valence-electron chi connectivity index (χ0n) is 31.3. The molecular formula is C38H42F3N5O9S. The molecule has 2 atom stereocenters. The van der Waals surface area contributed by atoms with Crippen LogP contribution in [-0.2, 0) is 29.0 Å². The highest BCUT2D eigenvalue weighted by Gasteiger charge is 2.44. The van der Waals surface area contributed by atoms with Gasteiger partial charge in [0, 0.05) is 23.8 Å². The zero-order valence-corrected chi connectivity index (χ0v) is 32.1. The molecule has 0 spiro atoms. The summed E-state index contributed by atoms with van der Waals surface area (Å²) in [5.41, 5.74) is 6.64. The molecule has 1 saturated heterocycles. The summed E-state index contributed by atoms with van der Waals surface area (Å²) >= 11 is 0. The maximum absolute atomic E-state index is 15.0. The highest BCUT2D eigenvalue weighted by molar-refractivity contribution is 7.91. The van der Waals surface area contributed by atoms with Gasteiger partial charge in [-0.25, -0.2) is 23.0 Å². The normalized spacial score (nSPS) is 15.0. The predicted molar refractivity (Wildman–Crippen MR) is 201 cm³/mol. The van der Waals surface area contributed by atoms with Gasteiger partial charge in [-0.2, -0.15) is 13.2 Å². The number of ether oxygens (including phenoxy) is 3. The number of hydrogen-bond donors (Lipinski definition) is 2. The molecule has 0 saturated carbocycles. The number of nitrogens with one attached hydrogen (secondary N) is 1. The molecule has 1 fully saturated rings. The largest absolute Gasteiger partial charge is 0.493 e. The minimum atomic E-state index is -5.48. The van der Waals surface area contributed by atoms with Crippen molar-refractivity contribution in [3.8, 4) is 11.5 Å². The van der Waals surface area contributed by atoms with Crippen molar-refractivity contribution in [2.24, 2.45) is 0 Å². The van der Waals surface area contributed by atoms with Gasteiger partial charge in [0.2, 0.25) is 5.91 Å². The molecule has 14 nitrogen and oxygen atoms in total. The predicted octanol–water partition coefficient (Wildman–Crippen LogP) is 6.91. The Bertz CT molecular complexity index is 2220. The van der Waals surface area contributed by atoms with E-state index < -0.39 is 51.8 Å². The number of amides is 2. The number of fused-ring (bicyclic) bond motifs is 1. The number of methoxy groups -OCH3 is 1. The first-order valence-corrected chi connectivity index (χ1v) is 19.3. The topological polar surface area (TPSA) is 180 Å². The first-order valence-electron chi connectivity index (χ1n) is 17.7. The Morgan fingerprint density at radius 1 is 1.04 bits per heavy atom. The Labute approximate surface area is 321 Å². The molecule has 2 heterocycles. The van der Waals surface area contributed by atoms with Crippen LogP contribution < -0.4 is 25.6 Å². The van der Waals surface area contributed by atoms with Gasteiger partial charge in [-0.05, 0) is 105 Å². The van der Waals surface area contributed by atoms with E-state index in [0.29, 0.717) is 47.0 Å². The van der Waals surface area contributed by atoms with E-state index in [1.165, 1.54) is 11.8 Å². The van der Waals surface area contributed by atoms with Crippen LogP contribution in [0.1, 0.15) is 63.7 Å². The minimum absolute atomic E-state index is 0.00437. The van der Waals surface area contributed by atoms with Crippen molar-refractivity contribution in [1.29, 1.82) is 0 Å². The second-order valence-corrected chi connectivity index (χ2v) is 15.2. The average Bonchev–Trinajstić information content (AvgIpc) is 3.65. The van der Waals surface area contributed by atoms with Crippen molar-refractivity contribution in [2.75, 3.05) is 42.1 Å². The van der Waals surface area contributed by atoms with E-state index >= 15 is 0 Å². The number of nitrogens with two attached hydrogens (primary N) is 1. The first-order chi connectivity index (χ1) is 26.5. The van der Waals surface area contributed by atoms with Gasteiger partial charge in [-0.3, -0.25) is 4.79 Å². The Hall–Kier alpha value is -5.78. The molecule has 0 unspecified atom stereocenters. The third-order valence-electron chi connectivity index (χ3n) is 8.90. The summed E-state index contributed by atoms with van der Waals surface area (Å²) in [6.45, 7) is 7.39. The van der Waals surface area contributed by atoms with E-state index in [4.69, 9.17) is 15.2 Å². The number of halogens is 3. The van der Waals surface area contributed by atoms with Gasteiger partial charge < -0.3 is 35.0 Å². The van der Waals surface area contributed by atoms with Crippen LogP contribution in [0.5, 0.6) is 11.5 Å². The lowest BCUT2D eigenvalue weighted by atomic mass is 10.00. The van der Waals surface area contributed by atoms with Gasteiger partial charge in [0.1, 0.15) is 11.9 Å². The van der Waals surface area contributed by atoms with Gasteiger partial charge in [-0.15, -0.1) is 5.06 Å². The standard InChI is InChI=1S/C38H42F3N5O9S/c1-6-53-31-20-24(10-14-30(31)54-22(3)4)33(44-25-11-13-27-23(19-25)16-17-43-34(27)42)35(47)45-18-8-9-29(45)28-21-26(12-15-32(28)56(50,51)7-2)46(37(49)52-5)55-36(48)38(39,40)41/h10-17,19-22,29,33,44H,6-9,18H2,1-5H3,(H2,42,43)/t29-,33+/m0/s1. The van der Waals surface area contributed by atoms with Gasteiger partial charge in [0.15, 0.2) is 21.3 Å². The van der Waals surface area contributed by atoms with Crippen molar-refractivity contribution in [3.05, 3.63) is 78.0 Å². The lowest BCUT2D eigenvalue weighted by Gasteiger charge is -2.32. The molecule has 1 aliphatic heterocycles. The summed E-state index contributed by atoms with van der Waals surface area (Å²) in [5, 5.41) is 4.75. The number of sulfone groups is 1. The van der Waals surface area contributed by atoms with Gasteiger partial charge in [0.05, 0.1) is 42.2 Å². The second kappa shape index (κ2) is 16.9. The molecule has 0 bridgehead atoms. The first kappa shape index (κ1) is 41.4. The van der Waals surface area contributed by atoms with Gasteiger partial charge >= 0.3 is 18.2 Å². The fourth-order valence-electron chi connectivity index (χ4n) is 6.36. The number of hydroxylamine groups is 1. The summed E-state index contributed by atoms with van der Waals surface area (Å²) in [4.78, 5) is 49.2. The van der Waals surface area contributed by atoms with Crippen LogP contribution in [0.3, 0.4) is 0 Å². The molecule has 3 aromatic carbocycles. The average molecular weight is 802 g/mol. The fourth-order valence-corrected chi connectivity index (χ4v) is 7.50. The Balaban J connectivity index is 1.63. The number of likely N-dealkylation sites (tertiary alicyclic amines) is 1. The molecule has 300 valence electrons. The third-order valence-corrected chi connectivity index (χ3v) is 10.7. The number of nitrogen functional groups attached to an aromatic ring is 1. The second-order valence-electron chi connectivity index (χ2n) is 13.0. The number of alkyl halides is 3. The summed E-state index contributed by atoms with van der Waals surface area (Å²) in [5.74, 6) is -2.40. The Morgan fingerprint density at radius 3 is 2.45 bits per heavy atom. The fraction of sp³-hybridized carbons (Fsp3) is 0.368. The van der Waals surface area contributed by atoms with Crippen molar-refractivity contribution in [2.45, 2.75) is 69.8 Å². The molecular weight excluding hydrogens is 760 g/mol. The van der Waals surface area contributed by atoms with Crippen LogP contribution in [0.4, 0.5) is 35.2 Å². The summed E-state index contributed by atoms with van der Waals surface area (Å²) < 4.78 is 83.1. The van der Waals surface area contributed by atoms with Crippen LogP contribution in [0.2, 0.25) is 0 Å². The SMILES string of the molecule is CCOc1cc([C@@H](Nc2ccc3c(N)nccc3c2)C(=O)N2CCC[C@H]2c2cc(N(OC(=O)C(F)(F)F)C(=O)OC)ccc2S(=O)(=O)CC)ccc1OC(C)C. The van der Waals surface area contributed by atoms with Gasteiger partial charge in [-0.1, -0.05) is 13.0 Å². The molecule has 56 heavy (non-hydrogen) atoms. The van der Waals surface area contributed by atoms with E-state index in [1.807, 2.05) is 13.8 Å². The molecule has 4 aromatic rings. The molecule has 2 amide bonds. The number of pyridine rings is 1. The monoisotopic (exact) mass is 801 g/mol. The quantitative estimate of drug-likeness (QED) is 0.142. The van der Waals surface area contributed by atoms with E-state index in [0.717, 1.165) is 30.7 Å². The number of aromatic nitrogens is 1. The number of carbonyl (C=O) groups is 3. The molecule has 5 rings (SSSR count). The summed E-state index contributed by atoms with van der Waals surface area (Å²) in [6.07, 6.45) is -4.95. The number of benzene rings is 3. The number of rotatable bonds is 12. The van der Waals surface area contributed by atoms with Crippen LogP contribution in [-0.4, -0.2) is 74.6 Å². The van der Waals surface area contributed by atoms with Crippen molar-refractivity contribution in [1.82, 2.24) is 9.88 Å². The van der Waals surface area contributed by atoms with Crippen molar-refractivity contribution in [3.63, 3.8) is 0 Å². The highest BCUT2D eigenvalue weighted by Crippen LogP contribution is 2.41. The van der Waals surface area contributed by atoms with Crippen LogP contribution in [0.25, 0.3) is 10.8 Å². The zero-order chi connectivity index (χ0) is 40.9. The summed E-state index contributed by atoms with van der Waals surface area (Å²) in [7, 11) is -3.16. The van der Waals surface area contributed by atoms with Crippen LogP contribution in [0, 0.1) is 0 Å².